The molecule has 0 saturated carbocycles. The molecule has 144 valence electrons. The maximum atomic E-state index is 13.1. The molecule has 1 aliphatic rings. The fourth-order valence-corrected chi connectivity index (χ4v) is 3.57. The number of nitrogens with zero attached hydrogens (tertiary/aromatic N) is 3. The van der Waals surface area contributed by atoms with E-state index in [9.17, 15) is 4.79 Å². The van der Waals surface area contributed by atoms with Crippen molar-refractivity contribution in [2.45, 2.75) is 52.5 Å². The Bertz CT molecular complexity index is 794. The summed E-state index contributed by atoms with van der Waals surface area (Å²) in [5.41, 5.74) is 1.26. The van der Waals surface area contributed by atoms with Crippen molar-refractivity contribution in [3.8, 4) is 5.75 Å². The minimum Gasteiger partial charge on any atom is -0.492 e. The number of ether oxygens (including phenoxy) is 1. The zero-order valence-electron chi connectivity index (χ0n) is 16.4. The minimum atomic E-state index is -0.00630. The van der Waals surface area contributed by atoms with Gasteiger partial charge in [-0.3, -0.25) is 4.79 Å². The second-order valence-electron chi connectivity index (χ2n) is 6.80. The Hall–Kier alpha value is -2.63. The molecule has 3 rings (SSSR count). The van der Waals surface area contributed by atoms with Gasteiger partial charge in [-0.05, 0) is 51.7 Å². The van der Waals surface area contributed by atoms with E-state index in [1.54, 1.807) is 6.07 Å². The molecule has 1 amide bonds. The molecule has 1 aromatic heterocycles. The Labute approximate surface area is 161 Å². The van der Waals surface area contributed by atoms with Gasteiger partial charge in [0.2, 0.25) is 0 Å². The highest BCUT2D eigenvalue weighted by Crippen LogP contribution is 2.27. The molecule has 2 aromatic rings. The van der Waals surface area contributed by atoms with Crippen molar-refractivity contribution >= 4 is 17.4 Å². The van der Waals surface area contributed by atoms with Gasteiger partial charge >= 0.3 is 0 Å². The molecule has 0 spiro atoms. The number of piperidine rings is 1. The number of aryl methyl sites for hydroxylation is 1. The topological polar surface area (TPSA) is 67.3 Å². The lowest BCUT2D eigenvalue weighted by Crippen LogP contribution is -2.43. The number of nitrogens with one attached hydrogen (secondary N) is 1. The predicted molar refractivity (Wildman–Crippen MR) is 107 cm³/mol. The molecule has 1 aliphatic heterocycles. The molecule has 0 bridgehead atoms. The van der Waals surface area contributed by atoms with Crippen LogP contribution >= 0.6 is 0 Å². The fraction of sp³-hybridized carbons (Fsp3) is 0.476. The Kier molecular flexibility index (Phi) is 6.27. The van der Waals surface area contributed by atoms with Gasteiger partial charge in [0.1, 0.15) is 23.1 Å². The molecule has 0 aliphatic carbocycles. The molecule has 1 fully saturated rings. The van der Waals surface area contributed by atoms with Gasteiger partial charge in [0.05, 0.1) is 12.3 Å². The first kappa shape index (κ1) is 19.1. The van der Waals surface area contributed by atoms with Gasteiger partial charge in [-0.15, -0.1) is 0 Å². The Morgan fingerprint density at radius 1 is 1.26 bits per heavy atom. The summed E-state index contributed by atoms with van der Waals surface area (Å²) in [7, 11) is 0. The summed E-state index contributed by atoms with van der Waals surface area (Å²) < 4.78 is 5.66. The molecular formula is C21H28N4O2. The van der Waals surface area contributed by atoms with Crippen LogP contribution in [0.15, 0.2) is 30.3 Å². The smallest absolute Gasteiger partial charge is 0.272 e. The zero-order chi connectivity index (χ0) is 19.2. The van der Waals surface area contributed by atoms with Crippen molar-refractivity contribution in [2.75, 3.05) is 18.5 Å². The molecular weight excluding hydrogens is 340 g/mol. The van der Waals surface area contributed by atoms with Crippen molar-refractivity contribution in [1.82, 2.24) is 14.9 Å². The largest absolute Gasteiger partial charge is 0.492 e. The maximum absolute atomic E-state index is 13.1. The van der Waals surface area contributed by atoms with Crippen LogP contribution in [-0.2, 0) is 0 Å². The van der Waals surface area contributed by atoms with E-state index in [0.29, 0.717) is 30.0 Å². The lowest BCUT2D eigenvalue weighted by molar-refractivity contribution is 0.0601. The Morgan fingerprint density at radius 2 is 2.07 bits per heavy atom. The van der Waals surface area contributed by atoms with E-state index >= 15 is 0 Å². The summed E-state index contributed by atoms with van der Waals surface area (Å²) in [6, 6.07) is 9.74. The summed E-state index contributed by atoms with van der Waals surface area (Å²) >= 11 is 0. The molecule has 6 heteroatoms. The number of likely N-dealkylation sites (tertiary alicyclic amines) is 1. The van der Waals surface area contributed by atoms with Gasteiger partial charge in [0.15, 0.2) is 0 Å². The first-order valence-corrected chi connectivity index (χ1v) is 9.77. The first-order valence-electron chi connectivity index (χ1n) is 9.77. The van der Waals surface area contributed by atoms with E-state index in [-0.39, 0.29) is 5.91 Å². The molecule has 1 unspecified atom stereocenters. The van der Waals surface area contributed by atoms with Crippen LogP contribution in [0.1, 0.15) is 55.8 Å². The van der Waals surface area contributed by atoms with E-state index in [4.69, 9.17) is 4.74 Å². The molecule has 1 aromatic carbocycles. The molecule has 0 radical (unpaired) electrons. The van der Waals surface area contributed by atoms with Gasteiger partial charge in [0.25, 0.3) is 5.91 Å². The highest BCUT2D eigenvalue weighted by Gasteiger charge is 2.27. The Balaban J connectivity index is 1.85. The molecule has 1 atom stereocenters. The van der Waals surface area contributed by atoms with Crippen LogP contribution in [0, 0.1) is 6.92 Å². The molecule has 6 nitrogen and oxygen atoms in total. The Morgan fingerprint density at radius 3 is 2.85 bits per heavy atom. The van der Waals surface area contributed by atoms with Crippen LogP contribution in [-0.4, -0.2) is 40.0 Å². The number of aromatic nitrogens is 2. The number of benzene rings is 1. The number of rotatable bonds is 6. The lowest BCUT2D eigenvalue weighted by Gasteiger charge is -2.35. The van der Waals surface area contributed by atoms with Crippen molar-refractivity contribution in [2.24, 2.45) is 0 Å². The van der Waals surface area contributed by atoms with Gasteiger partial charge in [-0.1, -0.05) is 19.1 Å². The SMILES string of the molecule is CCOc1ccccc1Nc1cc(C(=O)N2CCCCC2CC)nc(C)n1. The normalized spacial score (nSPS) is 16.9. The average Bonchev–Trinajstić information content (AvgIpc) is 2.68. The van der Waals surface area contributed by atoms with Crippen molar-refractivity contribution in [3.63, 3.8) is 0 Å². The second kappa shape index (κ2) is 8.84. The van der Waals surface area contributed by atoms with E-state index in [0.717, 1.165) is 37.2 Å². The number of amides is 1. The molecule has 1 saturated heterocycles. The number of anilines is 2. The van der Waals surface area contributed by atoms with Gasteiger partial charge in [-0.2, -0.15) is 0 Å². The zero-order valence-corrected chi connectivity index (χ0v) is 16.4. The third-order valence-electron chi connectivity index (χ3n) is 4.87. The predicted octanol–water partition coefficient (Wildman–Crippen LogP) is 4.33. The minimum absolute atomic E-state index is 0.00630. The maximum Gasteiger partial charge on any atom is 0.272 e. The van der Waals surface area contributed by atoms with E-state index < -0.39 is 0 Å². The first-order chi connectivity index (χ1) is 13.1. The molecule has 2 heterocycles. The number of carbonyl (C=O) groups excluding carboxylic acids is 1. The van der Waals surface area contributed by atoms with Crippen molar-refractivity contribution < 1.29 is 9.53 Å². The van der Waals surface area contributed by atoms with Crippen LogP contribution in [0.5, 0.6) is 5.75 Å². The van der Waals surface area contributed by atoms with Crippen molar-refractivity contribution in [3.05, 3.63) is 41.9 Å². The van der Waals surface area contributed by atoms with Crippen LogP contribution < -0.4 is 10.1 Å². The second-order valence-corrected chi connectivity index (χ2v) is 6.80. The summed E-state index contributed by atoms with van der Waals surface area (Å²) in [6.45, 7) is 7.28. The fourth-order valence-electron chi connectivity index (χ4n) is 3.57. The quantitative estimate of drug-likeness (QED) is 0.822. The van der Waals surface area contributed by atoms with Gasteiger partial charge < -0.3 is 15.0 Å². The number of carbonyl (C=O) groups is 1. The summed E-state index contributed by atoms with van der Waals surface area (Å²) in [5, 5.41) is 3.27. The van der Waals surface area contributed by atoms with Crippen LogP contribution in [0.2, 0.25) is 0 Å². The van der Waals surface area contributed by atoms with Gasteiger partial charge in [-0.25, -0.2) is 9.97 Å². The summed E-state index contributed by atoms with van der Waals surface area (Å²) in [6.07, 6.45) is 4.28. The van der Waals surface area contributed by atoms with Crippen LogP contribution in [0.25, 0.3) is 0 Å². The van der Waals surface area contributed by atoms with E-state index in [2.05, 4.69) is 22.2 Å². The van der Waals surface area contributed by atoms with Gasteiger partial charge in [0, 0.05) is 18.7 Å². The molecule has 1 N–H and O–H groups in total. The average molecular weight is 368 g/mol. The highest BCUT2D eigenvalue weighted by molar-refractivity contribution is 5.93. The molecule has 27 heavy (non-hydrogen) atoms. The third kappa shape index (κ3) is 4.56. The number of para-hydroxylation sites is 2. The van der Waals surface area contributed by atoms with Crippen LogP contribution in [0.4, 0.5) is 11.5 Å². The lowest BCUT2D eigenvalue weighted by atomic mass is 9.99. The standard InChI is InChI=1S/C21H28N4O2/c1-4-16-10-8-9-13-25(16)21(26)18-14-20(23-15(3)22-18)24-17-11-6-7-12-19(17)27-5-2/h6-7,11-12,14,16H,4-5,8-10,13H2,1-3H3,(H,22,23,24). The monoisotopic (exact) mass is 368 g/mol. The van der Waals surface area contributed by atoms with E-state index in [1.807, 2.05) is 43.0 Å². The van der Waals surface area contributed by atoms with Crippen LogP contribution in [0.3, 0.4) is 0 Å². The van der Waals surface area contributed by atoms with E-state index in [1.165, 1.54) is 6.42 Å². The summed E-state index contributed by atoms with van der Waals surface area (Å²) in [4.78, 5) is 23.9. The van der Waals surface area contributed by atoms with Crippen molar-refractivity contribution in [1.29, 1.82) is 0 Å². The third-order valence-corrected chi connectivity index (χ3v) is 4.87. The number of hydrogen-bond acceptors (Lipinski definition) is 5. The highest BCUT2D eigenvalue weighted by atomic mass is 16.5. The summed E-state index contributed by atoms with van der Waals surface area (Å²) in [5.74, 6) is 1.92. The number of hydrogen-bond donors (Lipinski definition) is 1.